The van der Waals surface area contributed by atoms with Crippen molar-refractivity contribution in [3.8, 4) is 0 Å². The van der Waals surface area contributed by atoms with E-state index in [0.29, 0.717) is 42.2 Å². The molecule has 152 valence electrons. The molecule has 2 unspecified atom stereocenters. The van der Waals surface area contributed by atoms with Gasteiger partial charge in [0.2, 0.25) is 5.91 Å². The SMILES string of the molecule is O=C(CC1CC2CCC(C1)N2)Nc1ccc(C(=O)NCc2ccc(F)cc2)cc1. The molecule has 0 aromatic heterocycles. The van der Waals surface area contributed by atoms with Crippen LogP contribution in [0.4, 0.5) is 10.1 Å². The molecule has 2 fully saturated rings. The molecule has 2 bridgehead atoms. The number of carbonyl (C=O) groups excluding carboxylic acids is 2. The minimum Gasteiger partial charge on any atom is -0.348 e. The monoisotopic (exact) mass is 395 g/mol. The van der Waals surface area contributed by atoms with Crippen LogP contribution in [-0.4, -0.2) is 23.9 Å². The zero-order valence-corrected chi connectivity index (χ0v) is 16.3. The second-order valence-electron chi connectivity index (χ2n) is 8.11. The fourth-order valence-electron chi connectivity index (χ4n) is 4.41. The molecule has 2 atom stereocenters. The van der Waals surface area contributed by atoms with Gasteiger partial charge in [-0.2, -0.15) is 0 Å². The predicted molar refractivity (Wildman–Crippen MR) is 110 cm³/mol. The molecule has 5 nitrogen and oxygen atoms in total. The van der Waals surface area contributed by atoms with Crippen molar-refractivity contribution in [1.29, 1.82) is 0 Å². The molecule has 0 saturated carbocycles. The molecule has 2 aliphatic heterocycles. The van der Waals surface area contributed by atoms with Crippen molar-refractivity contribution in [2.45, 2.75) is 50.7 Å². The van der Waals surface area contributed by atoms with E-state index in [1.807, 2.05) is 0 Å². The number of rotatable bonds is 6. The lowest BCUT2D eigenvalue weighted by Gasteiger charge is -2.28. The molecule has 0 spiro atoms. The largest absolute Gasteiger partial charge is 0.348 e. The van der Waals surface area contributed by atoms with Crippen LogP contribution in [0.3, 0.4) is 0 Å². The fourth-order valence-corrected chi connectivity index (χ4v) is 4.41. The van der Waals surface area contributed by atoms with Gasteiger partial charge in [0.25, 0.3) is 5.91 Å². The van der Waals surface area contributed by atoms with E-state index in [9.17, 15) is 14.0 Å². The summed E-state index contributed by atoms with van der Waals surface area (Å²) in [5, 5.41) is 9.35. The van der Waals surface area contributed by atoms with Gasteiger partial charge in [-0.3, -0.25) is 9.59 Å². The summed E-state index contributed by atoms with van der Waals surface area (Å²) in [5.41, 5.74) is 2.04. The van der Waals surface area contributed by atoms with Gasteiger partial charge in [0.15, 0.2) is 0 Å². The summed E-state index contributed by atoms with van der Waals surface area (Å²) >= 11 is 0. The highest BCUT2D eigenvalue weighted by Crippen LogP contribution is 2.32. The predicted octanol–water partition coefficient (Wildman–Crippen LogP) is 3.61. The highest BCUT2D eigenvalue weighted by Gasteiger charge is 2.34. The van der Waals surface area contributed by atoms with Crippen molar-refractivity contribution in [2.24, 2.45) is 5.92 Å². The van der Waals surface area contributed by atoms with Gasteiger partial charge in [-0.05, 0) is 73.6 Å². The Balaban J connectivity index is 1.25. The molecule has 2 heterocycles. The van der Waals surface area contributed by atoms with E-state index in [0.717, 1.165) is 18.4 Å². The van der Waals surface area contributed by atoms with Gasteiger partial charge in [0, 0.05) is 36.3 Å². The highest BCUT2D eigenvalue weighted by molar-refractivity contribution is 5.95. The fraction of sp³-hybridized carbons (Fsp3) is 0.391. The summed E-state index contributed by atoms with van der Waals surface area (Å²) in [6.45, 7) is 0.329. The summed E-state index contributed by atoms with van der Waals surface area (Å²) < 4.78 is 12.9. The van der Waals surface area contributed by atoms with Crippen molar-refractivity contribution >= 4 is 17.5 Å². The molecule has 3 N–H and O–H groups in total. The molecule has 2 aromatic carbocycles. The Morgan fingerprint density at radius 3 is 2.28 bits per heavy atom. The van der Waals surface area contributed by atoms with Crippen LogP contribution in [0, 0.1) is 11.7 Å². The molecular formula is C23H26FN3O2. The number of nitrogens with one attached hydrogen (secondary N) is 3. The Kier molecular flexibility index (Phi) is 5.90. The van der Waals surface area contributed by atoms with E-state index >= 15 is 0 Å². The maximum absolute atomic E-state index is 12.9. The first kappa shape index (κ1) is 19.6. The van der Waals surface area contributed by atoms with Crippen molar-refractivity contribution in [3.63, 3.8) is 0 Å². The van der Waals surface area contributed by atoms with E-state index in [4.69, 9.17) is 0 Å². The van der Waals surface area contributed by atoms with Crippen LogP contribution in [0.15, 0.2) is 48.5 Å². The zero-order chi connectivity index (χ0) is 20.2. The second kappa shape index (κ2) is 8.74. The van der Waals surface area contributed by atoms with Crippen LogP contribution in [0.5, 0.6) is 0 Å². The number of hydrogen-bond acceptors (Lipinski definition) is 3. The van der Waals surface area contributed by atoms with E-state index in [1.165, 1.54) is 25.0 Å². The number of fused-ring (bicyclic) bond motifs is 2. The van der Waals surface area contributed by atoms with Crippen LogP contribution in [-0.2, 0) is 11.3 Å². The van der Waals surface area contributed by atoms with Crippen LogP contribution in [0.25, 0.3) is 0 Å². The van der Waals surface area contributed by atoms with Crippen LogP contribution >= 0.6 is 0 Å². The Hall–Kier alpha value is -2.73. The van der Waals surface area contributed by atoms with Crippen molar-refractivity contribution in [2.75, 3.05) is 5.32 Å². The number of halogens is 1. The van der Waals surface area contributed by atoms with E-state index in [1.54, 1.807) is 36.4 Å². The lowest BCUT2D eigenvalue weighted by Crippen LogP contribution is -2.39. The quantitative estimate of drug-likeness (QED) is 0.700. The summed E-state index contributed by atoms with van der Waals surface area (Å²) in [4.78, 5) is 24.6. The van der Waals surface area contributed by atoms with Gasteiger partial charge < -0.3 is 16.0 Å². The standard InChI is InChI=1S/C23H26FN3O2/c24-18-5-1-15(2-6-18)14-25-23(29)17-3-7-19(8-4-17)27-22(28)13-16-11-20-9-10-21(12-16)26-20/h1-8,16,20-21,26H,9-14H2,(H,25,29)(H,27,28). The van der Waals surface area contributed by atoms with Crippen LogP contribution < -0.4 is 16.0 Å². The van der Waals surface area contributed by atoms with Gasteiger partial charge in [-0.25, -0.2) is 4.39 Å². The van der Waals surface area contributed by atoms with Gasteiger partial charge >= 0.3 is 0 Å². The average Bonchev–Trinajstić information content (AvgIpc) is 3.06. The van der Waals surface area contributed by atoms with Crippen molar-refractivity contribution < 1.29 is 14.0 Å². The lowest BCUT2D eigenvalue weighted by molar-refractivity contribution is -0.117. The molecule has 2 saturated heterocycles. The smallest absolute Gasteiger partial charge is 0.251 e. The first-order valence-corrected chi connectivity index (χ1v) is 10.2. The second-order valence-corrected chi connectivity index (χ2v) is 8.11. The Labute approximate surface area is 170 Å². The highest BCUT2D eigenvalue weighted by atomic mass is 19.1. The average molecular weight is 395 g/mol. The number of piperidine rings is 1. The molecule has 29 heavy (non-hydrogen) atoms. The van der Waals surface area contributed by atoms with Crippen molar-refractivity contribution in [1.82, 2.24) is 10.6 Å². The van der Waals surface area contributed by atoms with E-state index < -0.39 is 0 Å². The first-order valence-electron chi connectivity index (χ1n) is 10.2. The van der Waals surface area contributed by atoms with Gasteiger partial charge in [-0.1, -0.05) is 12.1 Å². The maximum Gasteiger partial charge on any atom is 0.251 e. The van der Waals surface area contributed by atoms with Gasteiger partial charge in [-0.15, -0.1) is 0 Å². The summed E-state index contributed by atoms with van der Waals surface area (Å²) in [5.74, 6) is -0.0299. The minimum absolute atomic E-state index is 0.0322. The molecule has 2 aromatic rings. The summed E-state index contributed by atoms with van der Waals surface area (Å²) in [6, 6.07) is 14.1. The number of hydrogen-bond donors (Lipinski definition) is 3. The molecule has 2 amide bonds. The normalized spacial score (nSPS) is 22.9. The number of carbonyl (C=O) groups is 2. The zero-order valence-electron chi connectivity index (χ0n) is 16.3. The number of anilines is 1. The third kappa shape index (κ3) is 5.21. The maximum atomic E-state index is 12.9. The van der Waals surface area contributed by atoms with E-state index in [2.05, 4.69) is 16.0 Å². The minimum atomic E-state index is -0.301. The van der Waals surface area contributed by atoms with Crippen molar-refractivity contribution in [3.05, 3.63) is 65.5 Å². The van der Waals surface area contributed by atoms with Gasteiger partial charge in [0.1, 0.15) is 5.82 Å². The summed E-state index contributed by atoms with van der Waals surface area (Å²) in [7, 11) is 0. The topological polar surface area (TPSA) is 70.2 Å². The van der Waals surface area contributed by atoms with E-state index in [-0.39, 0.29) is 17.6 Å². The van der Waals surface area contributed by atoms with Gasteiger partial charge in [0.05, 0.1) is 0 Å². The molecule has 2 aliphatic rings. The Morgan fingerprint density at radius 2 is 1.62 bits per heavy atom. The third-order valence-electron chi connectivity index (χ3n) is 5.84. The van der Waals surface area contributed by atoms with Crippen LogP contribution in [0.1, 0.15) is 48.0 Å². The Morgan fingerprint density at radius 1 is 0.966 bits per heavy atom. The Bertz CT molecular complexity index is 855. The summed E-state index contributed by atoms with van der Waals surface area (Å²) in [6.07, 6.45) is 5.17. The molecule has 6 heteroatoms. The van der Waals surface area contributed by atoms with Crippen LogP contribution in [0.2, 0.25) is 0 Å². The first-order chi connectivity index (χ1) is 14.0. The lowest BCUT2D eigenvalue weighted by atomic mass is 9.89. The third-order valence-corrected chi connectivity index (χ3v) is 5.84. The molecule has 4 rings (SSSR count). The number of benzene rings is 2. The molecule has 0 aliphatic carbocycles. The molecular weight excluding hydrogens is 369 g/mol. The molecule has 0 radical (unpaired) electrons. The number of amides is 2.